The SMILES string of the molecule is NC(=O)C1CN(c2cc(F)c(N3CCCOCC3)c(F)c2)C(=O)O1. The fourth-order valence-electron chi connectivity index (χ4n) is 2.80. The van der Waals surface area contributed by atoms with E-state index in [1.165, 1.54) is 0 Å². The van der Waals surface area contributed by atoms with E-state index in [1.807, 2.05) is 0 Å². The first kappa shape index (κ1) is 16.4. The summed E-state index contributed by atoms with van der Waals surface area (Å²) in [4.78, 5) is 25.4. The Morgan fingerprint density at radius 2 is 1.92 bits per heavy atom. The molecule has 1 aromatic rings. The van der Waals surface area contributed by atoms with E-state index in [1.54, 1.807) is 4.90 Å². The number of nitrogens with two attached hydrogens (primary N) is 1. The molecule has 24 heavy (non-hydrogen) atoms. The highest BCUT2D eigenvalue weighted by Crippen LogP contribution is 2.31. The predicted octanol–water partition coefficient (Wildman–Crippen LogP) is 1.00. The minimum atomic E-state index is -1.13. The smallest absolute Gasteiger partial charge is 0.415 e. The number of primary amides is 1. The van der Waals surface area contributed by atoms with Gasteiger partial charge in [-0.2, -0.15) is 0 Å². The summed E-state index contributed by atoms with van der Waals surface area (Å²) in [6.45, 7) is 1.61. The number of rotatable bonds is 3. The lowest BCUT2D eigenvalue weighted by molar-refractivity contribution is -0.124. The molecular weight excluding hydrogens is 324 g/mol. The molecule has 2 fully saturated rings. The summed E-state index contributed by atoms with van der Waals surface area (Å²) < 4.78 is 39.0. The number of cyclic esters (lactones) is 1. The summed E-state index contributed by atoms with van der Waals surface area (Å²) in [6, 6.07) is 2.10. The third-order valence-corrected chi connectivity index (χ3v) is 3.98. The maximum Gasteiger partial charge on any atom is 0.415 e. The highest BCUT2D eigenvalue weighted by atomic mass is 19.1. The molecule has 3 rings (SSSR count). The van der Waals surface area contributed by atoms with Crippen LogP contribution in [0.25, 0.3) is 0 Å². The maximum atomic E-state index is 14.5. The molecule has 2 N–H and O–H groups in total. The lowest BCUT2D eigenvalue weighted by Crippen LogP contribution is -2.33. The Kier molecular flexibility index (Phi) is 4.52. The number of hydrogen-bond acceptors (Lipinski definition) is 5. The Morgan fingerprint density at radius 3 is 2.54 bits per heavy atom. The van der Waals surface area contributed by atoms with E-state index in [4.69, 9.17) is 15.2 Å². The molecule has 0 bridgehead atoms. The molecule has 0 spiro atoms. The third kappa shape index (κ3) is 3.12. The molecule has 0 aromatic heterocycles. The van der Waals surface area contributed by atoms with Gasteiger partial charge in [-0.15, -0.1) is 0 Å². The van der Waals surface area contributed by atoms with E-state index in [-0.39, 0.29) is 17.9 Å². The first-order valence-electron chi connectivity index (χ1n) is 7.56. The van der Waals surface area contributed by atoms with Crippen molar-refractivity contribution in [2.75, 3.05) is 42.6 Å². The van der Waals surface area contributed by atoms with Gasteiger partial charge in [-0.25, -0.2) is 13.6 Å². The van der Waals surface area contributed by atoms with Crippen molar-refractivity contribution in [2.24, 2.45) is 5.73 Å². The highest BCUT2D eigenvalue weighted by Gasteiger charge is 2.36. The first-order chi connectivity index (χ1) is 11.5. The lowest BCUT2D eigenvalue weighted by Gasteiger charge is -2.24. The Labute approximate surface area is 136 Å². The van der Waals surface area contributed by atoms with E-state index in [0.717, 1.165) is 17.0 Å². The van der Waals surface area contributed by atoms with Crippen molar-refractivity contribution in [3.05, 3.63) is 23.8 Å². The van der Waals surface area contributed by atoms with Crippen molar-refractivity contribution in [2.45, 2.75) is 12.5 Å². The topological polar surface area (TPSA) is 85.1 Å². The minimum absolute atomic E-state index is 0.0198. The number of carbonyl (C=O) groups is 2. The fourth-order valence-corrected chi connectivity index (χ4v) is 2.80. The van der Waals surface area contributed by atoms with Crippen LogP contribution in [0.4, 0.5) is 25.0 Å². The zero-order valence-electron chi connectivity index (χ0n) is 12.8. The van der Waals surface area contributed by atoms with E-state index < -0.39 is 29.7 Å². The van der Waals surface area contributed by atoms with Gasteiger partial charge in [-0.3, -0.25) is 9.69 Å². The lowest BCUT2D eigenvalue weighted by atomic mass is 10.2. The van der Waals surface area contributed by atoms with Gasteiger partial charge in [0.2, 0.25) is 0 Å². The van der Waals surface area contributed by atoms with Crippen LogP contribution >= 0.6 is 0 Å². The molecule has 130 valence electrons. The Bertz CT molecular complexity index is 639. The number of hydrogen-bond donors (Lipinski definition) is 1. The molecule has 0 radical (unpaired) electrons. The largest absolute Gasteiger partial charge is 0.434 e. The summed E-state index contributed by atoms with van der Waals surface area (Å²) in [7, 11) is 0. The third-order valence-electron chi connectivity index (χ3n) is 3.98. The molecule has 2 aliphatic heterocycles. The quantitative estimate of drug-likeness (QED) is 0.887. The summed E-state index contributed by atoms with van der Waals surface area (Å²) in [5.41, 5.74) is 4.92. The second-order valence-electron chi connectivity index (χ2n) is 5.60. The molecule has 1 aromatic carbocycles. The van der Waals surface area contributed by atoms with Crippen molar-refractivity contribution < 1.29 is 27.8 Å². The predicted molar refractivity (Wildman–Crippen MR) is 80.8 cm³/mol. The van der Waals surface area contributed by atoms with Gasteiger partial charge in [0.15, 0.2) is 17.7 Å². The number of amides is 2. The monoisotopic (exact) mass is 341 g/mol. The first-order valence-corrected chi connectivity index (χ1v) is 7.56. The van der Waals surface area contributed by atoms with Crippen LogP contribution in [-0.2, 0) is 14.3 Å². The van der Waals surface area contributed by atoms with Gasteiger partial charge in [0.25, 0.3) is 5.91 Å². The molecule has 0 saturated carbocycles. The van der Waals surface area contributed by atoms with E-state index in [0.29, 0.717) is 32.7 Å². The average Bonchev–Trinajstić information content (AvgIpc) is 2.73. The van der Waals surface area contributed by atoms with Crippen LogP contribution < -0.4 is 15.5 Å². The van der Waals surface area contributed by atoms with Crippen LogP contribution in [0.15, 0.2) is 12.1 Å². The van der Waals surface area contributed by atoms with E-state index in [2.05, 4.69) is 0 Å². The van der Waals surface area contributed by atoms with Crippen LogP contribution in [0, 0.1) is 11.6 Å². The highest BCUT2D eigenvalue weighted by molar-refractivity contribution is 5.95. The van der Waals surface area contributed by atoms with Gasteiger partial charge in [0, 0.05) is 31.8 Å². The van der Waals surface area contributed by atoms with Crippen LogP contribution in [-0.4, -0.2) is 51.0 Å². The van der Waals surface area contributed by atoms with Gasteiger partial charge < -0.3 is 20.1 Å². The van der Waals surface area contributed by atoms with Gasteiger partial charge in [-0.1, -0.05) is 0 Å². The molecule has 2 aliphatic rings. The van der Waals surface area contributed by atoms with Crippen molar-refractivity contribution >= 4 is 23.4 Å². The van der Waals surface area contributed by atoms with Crippen LogP contribution in [0.2, 0.25) is 0 Å². The summed E-state index contributed by atoms with van der Waals surface area (Å²) >= 11 is 0. The number of nitrogens with zero attached hydrogens (tertiary/aromatic N) is 2. The summed E-state index contributed by atoms with van der Waals surface area (Å²) in [6.07, 6.45) is -1.33. The normalized spacial score (nSPS) is 21.6. The number of carbonyl (C=O) groups excluding carboxylic acids is 2. The Hall–Kier alpha value is -2.42. The zero-order valence-corrected chi connectivity index (χ0v) is 12.8. The van der Waals surface area contributed by atoms with Crippen molar-refractivity contribution in [1.82, 2.24) is 0 Å². The van der Waals surface area contributed by atoms with Crippen molar-refractivity contribution in [3.63, 3.8) is 0 Å². The van der Waals surface area contributed by atoms with Crippen molar-refractivity contribution in [3.8, 4) is 0 Å². The number of benzene rings is 1. The standard InChI is InChI=1S/C15H17F2N3O4/c16-10-6-9(20-8-12(14(18)21)24-15(20)22)7-11(17)13(10)19-2-1-4-23-5-3-19/h6-7,12H,1-5,8H2,(H2,18,21). The van der Waals surface area contributed by atoms with E-state index in [9.17, 15) is 18.4 Å². The molecule has 2 amide bonds. The molecule has 0 aliphatic carbocycles. The zero-order chi connectivity index (χ0) is 17.3. The van der Waals surface area contributed by atoms with Gasteiger partial charge in [0.1, 0.15) is 5.69 Å². The molecule has 9 heteroatoms. The second kappa shape index (κ2) is 6.60. The van der Waals surface area contributed by atoms with Gasteiger partial charge in [-0.05, 0) is 6.42 Å². The average molecular weight is 341 g/mol. The minimum Gasteiger partial charge on any atom is -0.434 e. The number of halogens is 2. The van der Waals surface area contributed by atoms with Crippen LogP contribution in [0.5, 0.6) is 0 Å². The second-order valence-corrected chi connectivity index (χ2v) is 5.60. The van der Waals surface area contributed by atoms with Crippen LogP contribution in [0.3, 0.4) is 0 Å². The molecule has 2 saturated heterocycles. The summed E-state index contributed by atoms with van der Waals surface area (Å²) in [5.74, 6) is -2.39. The maximum absolute atomic E-state index is 14.5. The Morgan fingerprint density at radius 1 is 1.21 bits per heavy atom. The number of anilines is 2. The Balaban J connectivity index is 1.87. The fraction of sp³-hybridized carbons (Fsp3) is 0.467. The molecular formula is C15H17F2N3O4. The molecule has 1 unspecified atom stereocenters. The number of ether oxygens (including phenoxy) is 2. The van der Waals surface area contributed by atoms with Crippen LogP contribution in [0.1, 0.15) is 6.42 Å². The van der Waals surface area contributed by atoms with Gasteiger partial charge >= 0.3 is 6.09 Å². The van der Waals surface area contributed by atoms with Gasteiger partial charge in [0.05, 0.1) is 18.8 Å². The van der Waals surface area contributed by atoms with Crippen molar-refractivity contribution in [1.29, 1.82) is 0 Å². The molecule has 1 atom stereocenters. The summed E-state index contributed by atoms with van der Waals surface area (Å²) in [5, 5.41) is 0. The molecule has 7 nitrogen and oxygen atoms in total. The molecule has 2 heterocycles. The van der Waals surface area contributed by atoms with E-state index >= 15 is 0 Å².